The van der Waals surface area contributed by atoms with E-state index in [-0.39, 0.29) is 0 Å². The van der Waals surface area contributed by atoms with Gasteiger partial charge in [-0.3, -0.25) is 0 Å². The van der Waals surface area contributed by atoms with E-state index in [1.54, 1.807) is 4.52 Å². The maximum atomic E-state index is 10.4. The van der Waals surface area contributed by atoms with Crippen molar-refractivity contribution in [3.63, 3.8) is 0 Å². The Morgan fingerprint density at radius 2 is 1.86 bits per heavy atom. The highest BCUT2D eigenvalue weighted by Gasteiger charge is 2.09. The third-order valence-corrected chi connectivity index (χ3v) is 4.51. The van der Waals surface area contributed by atoms with E-state index in [9.17, 15) is 4.91 Å². The van der Waals surface area contributed by atoms with E-state index >= 15 is 0 Å². The monoisotopic (exact) mass is 369 g/mol. The third kappa shape index (κ3) is 3.81. The van der Waals surface area contributed by atoms with Gasteiger partial charge in [-0.1, -0.05) is 49.0 Å². The number of allylic oxidation sites excluding steroid dienone is 1. The molecule has 1 N–H and O–H groups in total. The minimum atomic E-state index is 0.370. The van der Waals surface area contributed by atoms with Crippen molar-refractivity contribution in [2.75, 3.05) is 5.32 Å². The number of fused-ring (bicyclic) bond motifs is 1. The molecule has 0 atom stereocenters. The number of rotatable bonds is 7. The van der Waals surface area contributed by atoms with Gasteiger partial charge in [0.05, 0.1) is 11.9 Å². The van der Waals surface area contributed by atoms with Crippen LogP contribution >= 0.6 is 0 Å². The Kier molecular flexibility index (Phi) is 4.93. The number of nitroso groups, excluding NO2 is 1. The highest BCUT2D eigenvalue weighted by Crippen LogP contribution is 2.25. The van der Waals surface area contributed by atoms with Crippen LogP contribution in [0, 0.1) is 4.91 Å². The molecule has 0 radical (unpaired) electrons. The SMILES string of the molecule is C=C(CCc1ccc(-c2cnn3ccc(Nc4ccccc4)nc23)cc1)N=O. The summed E-state index contributed by atoms with van der Waals surface area (Å²) >= 11 is 0. The van der Waals surface area contributed by atoms with E-state index in [2.05, 4.69) is 22.2 Å². The Labute approximate surface area is 162 Å². The smallest absolute Gasteiger partial charge is 0.165 e. The molecular formula is C22H19N5O. The minimum absolute atomic E-state index is 0.370. The first-order chi connectivity index (χ1) is 13.7. The Morgan fingerprint density at radius 1 is 1.07 bits per heavy atom. The molecule has 138 valence electrons. The van der Waals surface area contributed by atoms with Crippen molar-refractivity contribution < 1.29 is 0 Å². The van der Waals surface area contributed by atoms with Crippen LogP contribution in [0.1, 0.15) is 12.0 Å². The zero-order chi connectivity index (χ0) is 19.3. The van der Waals surface area contributed by atoms with Crippen molar-refractivity contribution in [3.05, 3.63) is 95.8 Å². The van der Waals surface area contributed by atoms with Gasteiger partial charge >= 0.3 is 0 Å². The van der Waals surface area contributed by atoms with Gasteiger partial charge in [-0.25, -0.2) is 9.50 Å². The van der Waals surface area contributed by atoms with Crippen LogP contribution in [0.4, 0.5) is 11.5 Å². The molecule has 0 spiro atoms. The molecule has 28 heavy (non-hydrogen) atoms. The van der Waals surface area contributed by atoms with Gasteiger partial charge < -0.3 is 5.32 Å². The van der Waals surface area contributed by atoms with Crippen molar-refractivity contribution in [2.24, 2.45) is 5.18 Å². The molecule has 0 aliphatic carbocycles. The number of hydrogen-bond donors (Lipinski definition) is 1. The zero-order valence-electron chi connectivity index (χ0n) is 15.2. The average Bonchev–Trinajstić information content (AvgIpc) is 3.16. The van der Waals surface area contributed by atoms with Crippen molar-refractivity contribution in [3.8, 4) is 11.1 Å². The van der Waals surface area contributed by atoms with Gasteiger partial charge in [0, 0.05) is 17.4 Å². The fraction of sp³-hybridized carbons (Fsp3) is 0.0909. The summed E-state index contributed by atoms with van der Waals surface area (Å²) in [5, 5.41) is 10.6. The maximum absolute atomic E-state index is 10.4. The Morgan fingerprint density at radius 3 is 2.61 bits per heavy atom. The molecule has 0 aliphatic heterocycles. The molecule has 4 rings (SSSR count). The highest BCUT2D eigenvalue weighted by molar-refractivity contribution is 5.78. The lowest BCUT2D eigenvalue weighted by Gasteiger charge is -2.07. The van der Waals surface area contributed by atoms with E-state index in [1.165, 1.54) is 0 Å². The molecule has 0 bridgehead atoms. The Bertz CT molecular complexity index is 1120. The molecule has 0 unspecified atom stereocenters. The van der Waals surface area contributed by atoms with Gasteiger partial charge in [-0.2, -0.15) is 5.10 Å². The van der Waals surface area contributed by atoms with Crippen molar-refractivity contribution >= 4 is 17.2 Å². The molecule has 2 heterocycles. The largest absolute Gasteiger partial charge is 0.340 e. The Balaban J connectivity index is 1.59. The van der Waals surface area contributed by atoms with Gasteiger partial charge in [0.25, 0.3) is 0 Å². The molecule has 6 nitrogen and oxygen atoms in total. The summed E-state index contributed by atoms with van der Waals surface area (Å²) in [5.41, 5.74) is 5.26. The molecule has 2 aromatic heterocycles. The number of hydrogen-bond acceptors (Lipinski definition) is 5. The van der Waals surface area contributed by atoms with Gasteiger partial charge in [0.1, 0.15) is 5.82 Å². The fourth-order valence-electron chi connectivity index (χ4n) is 3.00. The fourth-order valence-corrected chi connectivity index (χ4v) is 3.00. The van der Waals surface area contributed by atoms with Crippen molar-refractivity contribution in [1.29, 1.82) is 0 Å². The van der Waals surface area contributed by atoms with E-state index < -0.39 is 0 Å². The van der Waals surface area contributed by atoms with Crippen LogP contribution in [-0.2, 0) is 6.42 Å². The molecule has 0 fully saturated rings. The van der Waals surface area contributed by atoms with Crippen molar-refractivity contribution in [1.82, 2.24) is 14.6 Å². The van der Waals surface area contributed by atoms with Crippen LogP contribution in [0.15, 0.2) is 90.5 Å². The number of benzene rings is 2. The van der Waals surface area contributed by atoms with Crippen LogP contribution in [0.3, 0.4) is 0 Å². The summed E-state index contributed by atoms with van der Waals surface area (Å²) < 4.78 is 1.76. The molecular weight excluding hydrogens is 350 g/mol. The van der Waals surface area contributed by atoms with E-state index in [1.807, 2.05) is 73.1 Å². The number of aryl methyl sites for hydroxylation is 1. The highest BCUT2D eigenvalue weighted by atomic mass is 16.3. The summed E-state index contributed by atoms with van der Waals surface area (Å²) in [7, 11) is 0. The average molecular weight is 369 g/mol. The summed E-state index contributed by atoms with van der Waals surface area (Å²) in [6.07, 6.45) is 5.02. The number of aromatic nitrogens is 3. The molecule has 0 amide bonds. The second-order valence-corrected chi connectivity index (χ2v) is 6.48. The quantitative estimate of drug-likeness (QED) is 0.446. The number of anilines is 2. The zero-order valence-corrected chi connectivity index (χ0v) is 15.2. The topological polar surface area (TPSA) is 71.7 Å². The Hall–Kier alpha value is -3.80. The van der Waals surface area contributed by atoms with Gasteiger partial charge in [0.2, 0.25) is 0 Å². The number of nitrogens with zero attached hydrogens (tertiary/aromatic N) is 4. The molecule has 0 saturated carbocycles. The van der Waals surface area contributed by atoms with Crippen LogP contribution in [0.2, 0.25) is 0 Å². The van der Waals surface area contributed by atoms with Gasteiger partial charge in [-0.05, 0) is 47.3 Å². The van der Waals surface area contributed by atoms with E-state index in [0.717, 1.165) is 40.3 Å². The van der Waals surface area contributed by atoms with Crippen LogP contribution in [0.5, 0.6) is 0 Å². The van der Waals surface area contributed by atoms with E-state index in [4.69, 9.17) is 4.98 Å². The second kappa shape index (κ2) is 7.84. The second-order valence-electron chi connectivity index (χ2n) is 6.48. The standard InChI is InChI=1S/C22H19N5O/c1-16(26-28)7-8-17-9-11-18(12-10-17)20-15-23-27-14-13-21(25-22(20)27)24-19-5-3-2-4-6-19/h2-6,9-15H,1,7-8H2,(H,24,25). The molecule has 2 aromatic carbocycles. The first kappa shape index (κ1) is 17.6. The number of nitrogens with one attached hydrogen (secondary N) is 1. The molecule has 0 aliphatic rings. The lowest BCUT2D eigenvalue weighted by atomic mass is 10.0. The lowest BCUT2D eigenvalue weighted by Crippen LogP contribution is -1.97. The first-order valence-electron chi connectivity index (χ1n) is 9.00. The lowest BCUT2D eigenvalue weighted by molar-refractivity contribution is 0.929. The van der Waals surface area contributed by atoms with Gasteiger partial charge in [-0.15, -0.1) is 4.91 Å². The predicted octanol–water partition coefficient (Wildman–Crippen LogP) is 5.35. The first-order valence-corrected chi connectivity index (χ1v) is 9.00. The normalized spacial score (nSPS) is 10.7. The summed E-state index contributed by atoms with van der Waals surface area (Å²) in [5.74, 6) is 0.761. The summed E-state index contributed by atoms with van der Waals surface area (Å²) in [6.45, 7) is 3.61. The summed E-state index contributed by atoms with van der Waals surface area (Å²) in [4.78, 5) is 15.2. The van der Waals surface area contributed by atoms with E-state index in [0.29, 0.717) is 12.1 Å². The predicted molar refractivity (Wildman–Crippen MR) is 111 cm³/mol. The molecule has 0 saturated heterocycles. The van der Waals surface area contributed by atoms with Crippen molar-refractivity contribution in [2.45, 2.75) is 12.8 Å². The van der Waals surface area contributed by atoms with Crippen LogP contribution < -0.4 is 5.32 Å². The summed E-state index contributed by atoms with van der Waals surface area (Å²) in [6, 6.07) is 20.0. The number of para-hydroxylation sites is 1. The molecule has 4 aromatic rings. The molecule has 6 heteroatoms. The maximum Gasteiger partial charge on any atom is 0.165 e. The van der Waals surface area contributed by atoms with Gasteiger partial charge in [0.15, 0.2) is 5.65 Å². The van der Waals surface area contributed by atoms with Crippen LogP contribution in [-0.4, -0.2) is 14.6 Å². The van der Waals surface area contributed by atoms with Crippen LogP contribution in [0.25, 0.3) is 16.8 Å². The minimum Gasteiger partial charge on any atom is -0.340 e. The third-order valence-electron chi connectivity index (χ3n) is 4.51.